The van der Waals surface area contributed by atoms with Crippen molar-refractivity contribution in [2.75, 3.05) is 6.54 Å². The molecule has 5 rings (SSSR count). The molecule has 5 nitrogen and oxygen atoms in total. The molecule has 1 saturated heterocycles. The summed E-state index contributed by atoms with van der Waals surface area (Å²) < 4.78 is 6.44. The van der Waals surface area contributed by atoms with Gasteiger partial charge in [0.05, 0.1) is 17.9 Å². The topological polar surface area (TPSA) is 78.8 Å². The molecule has 4 atom stereocenters. The summed E-state index contributed by atoms with van der Waals surface area (Å²) in [5.41, 5.74) is 3.10. The van der Waals surface area contributed by atoms with Crippen molar-refractivity contribution in [3.8, 4) is 5.75 Å². The van der Waals surface area contributed by atoms with Gasteiger partial charge in [0.2, 0.25) is 0 Å². The largest absolute Gasteiger partial charge is 0.516 e. The normalized spacial score (nSPS) is 36.2. The van der Waals surface area contributed by atoms with Crippen molar-refractivity contribution in [2.45, 2.75) is 56.1 Å². The molecule has 2 aliphatic carbocycles. The summed E-state index contributed by atoms with van der Waals surface area (Å²) in [6.07, 6.45) is 9.80. The van der Waals surface area contributed by atoms with Crippen LogP contribution < -0.4 is 10.1 Å². The number of hydrogen-bond acceptors (Lipinski definition) is 5. The Bertz CT molecular complexity index is 860. The van der Waals surface area contributed by atoms with Crippen LogP contribution >= 0.6 is 0 Å². The number of ketones is 1. The number of carbonyl (C=O) groups excluding carboxylic acids is 1. The molecule has 27 heavy (non-hydrogen) atoms. The number of aliphatic hydroxyl groups is 2. The highest BCUT2D eigenvalue weighted by atomic mass is 16.5. The number of rotatable bonds is 4. The van der Waals surface area contributed by atoms with Crippen molar-refractivity contribution < 1.29 is 19.7 Å². The quantitative estimate of drug-likeness (QED) is 0.713. The standard InChI is InChI=1S/C22H25NO4/c24-11-1-3-14-4-5-15-13-17-21(7-2-12-25)8-6-16(26)20-22(21,9-10-23-17)18(15)19(14)27-20/h1-2,4-5,11-12,17,20,23-25H,3,6-10,13H2/t17-,20+,21+,22+/m1/s1. The second-order valence-corrected chi connectivity index (χ2v) is 8.32. The molecule has 142 valence electrons. The lowest BCUT2D eigenvalue weighted by atomic mass is 9.43. The number of Topliss-reactive ketones (excluding diaryl/α,β-unsaturated/α-hetero) is 1. The van der Waals surface area contributed by atoms with Gasteiger partial charge in [-0.15, -0.1) is 0 Å². The maximum atomic E-state index is 13.0. The van der Waals surface area contributed by atoms with E-state index in [0.29, 0.717) is 12.8 Å². The van der Waals surface area contributed by atoms with Crippen LogP contribution in [0.4, 0.5) is 0 Å². The minimum Gasteiger partial charge on any atom is -0.516 e. The van der Waals surface area contributed by atoms with Crippen LogP contribution in [0.25, 0.3) is 0 Å². The summed E-state index contributed by atoms with van der Waals surface area (Å²) in [6, 6.07) is 4.53. The molecule has 0 unspecified atom stereocenters. The van der Waals surface area contributed by atoms with Gasteiger partial charge in [0.25, 0.3) is 0 Å². The summed E-state index contributed by atoms with van der Waals surface area (Å²) in [6.45, 7) is 0.877. The Morgan fingerprint density at radius 2 is 2.07 bits per heavy atom. The molecule has 1 saturated carbocycles. The first-order valence-electron chi connectivity index (χ1n) is 9.84. The molecule has 5 heteroatoms. The SMILES string of the molecule is O=C1CC[C@@]2(CC=CO)[C@H]3Cc4ccc(CC=CO)c5c4[C@@]2(CCN3)[C@H]1O5. The number of piperidine rings is 1. The summed E-state index contributed by atoms with van der Waals surface area (Å²) in [4.78, 5) is 13.0. The van der Waals surface area contributed by atoms with Crippen LogP contribution in [0.1, 0.15) is 42.4 Å². The van der Waals surface area contributed by atoms with Crippen molar-refractivity contribution in [1.82, 2.24) is 5.32 Å². The lowest BCUT2D eigenvalue weighted by molar-refractivity contribution is -0.144. The van der Waals surface area contributed by atoms with Crippen LogP contribution in [-0.2, 0) is 23.1 Å². The van der Waals surface area contributed by atoms with Crippen molar-refractivity contribution in [3.63, 3.8) is 0 Å². The molecule has 2 fully saturated rings. The van der Waals surface area contributed by atoms with Crippen molar-refractivity contribution in [1.29, 1.82) is 0 Å². The summed E-state index contributed by atoms with van der Waals surface area (Å²) in [5, 5.41) is 22.2. The third-order valence-corrected chi connectivity index (χ3v) is 7.49. The Morgan fingerprint density at radius 3 is 2.89 bits per heavy atom. The molecule has 1 aromatic rings. The third-order valence-electron chi connectivity index (χ3n) is 7.49. The van der Waals surface area contributed by atoms with E-state index in [-0.39, 0.29) is 22.7 Å². The summed E-state index contributed by atoms with van der Waals surface area (Å²) in [7, 11) is 0. The number of carbonyl (C=O) groups is 1. The second kappa shape index (κ2) is 5.86. The zero-order valence-electron chi connectivity index (χ0n) is 15.3. The number of benzene rings is 1. The number of hydrogen-bond donors (Lipinski definition) is 3. The number of aliphatic hydroxyl groups excluding tert-OH is 2. The fourth-order valence-electron chi connectivity index (χ4n) is 6.51. The predicted molar refractivity (Wildman–Crippen MR) is 101 cm³/mol. The van der Waals surface area contributed by atoms with E-state index in [1.807, 2.05) is 6.08 Å². The molecular weight excluding hydrogens is 342 g/mol. The Labute approximate surface area is 158 Å². The molecule has 0 radical (unpaired) electrons. The van der Waals surface area contributed by atoms with Gasteiger partial charge in [-0.1, -0.05) is 12.1 Å². The smallest absolute Gasteiger partial charge is 0.174 e. The molecule has 2 heterocycles. The van der Waals surface area contributed by atoms with E-state index >= 15 is 0 Å². The van der Waals surface area contributed by atoms with Crippen LogP contribution in [-0.4, -0.2) is 34.7 Å². The average molecular weight is 367 g/mol. The van der Waals surface area contributed by atoms with Gasteiger partial charge < -0.3 is 20.3 Å². The fraction of sp³-hybridized carbons (Fsp3) is 0.500. The molecule has 1 spiro atoms. The maximum Gasteiger partial charge on any atom is 0.174 e. The molecular formula is C22H25NO4. The van der Waals surface area contributed by atoms with Gasteiger partial charge in [-0.2, -0.15) is 0 Å². The molecule has 2 aliphatic heterocycles. The van der Waals surface area contributed by atoms with E-state index in [0.717, 1.165) is 56.1 Å². The third kappa shape index (κ3) is 1.95. The average Bonchev–Trinajstić information content (AvgIpc) is 3.02. The molecule has 4 aliphatic rings. The van der Waals surface area contributed by atoms with Crippen molar-refractivity contribution in [2.24, 2.45) is 5.41 Å². The van der Waals surface area contributed by atoms with Crippen LogP contribution in [0.3, 0.4) is 0 Å². The fourth-order valence-corrected chi connectivity index (χ4v) is 6.51. The van der Waals surface area contributed by atoms with Crippen molar-refractivity contribution >= 4 is 5.78 Å². The van der Waals surface area contributed by atoms with Gasteiger partial charge in [-0.25, -0.2) is 0 Å². The van der Waals surface area contributed by atoms with E-state index in [2.05, 4.69) is 17.4 Å². The zero-order chi connectivity index (χ0) is 18.6. The minimum atomic E-state index is -0.434. The lowest BCUT2D eigenvalue weighted by Crippen LogP contribution is -2.71. The van der Waals surface area contributed by atoms with Gasteiger partial charge >= 0.3 is 0 Å². The van der Waals surface area contributed by atoms with Crippen LogP contribution in [0, 0.1) is 5.41 Å². The second-order valence-electron chi connectivity index (χ2n) is 8.32. The highest BCUT2D eigenvalue weighted by molar-refractivity contribution is 5.89. The number of ether oxygens (including phenoxy) is 1. The Balaban J connectivity index is 1.77. The van der Waals surface area contributed by atoms with Crippen LogP contribution in [0.2, 0.25) is 0 Å². The highest BCUT2D eigenvalue weighted by Gasteiger charge is 2.71. The monoisotopic (exact) mass is 367 g/mol. The minimum absolute atomic E-state index is 0.118. The van der Waals surface area contributed by atoms with Gasteiger partial charge in [-0.3, -0.25) is 4.79 Å². The summed E-state index contributed by atoms with van der Waals surface area (Å²) in [5.74, 6) is 1.07. The Hall–Kier alpha value is -2.27. The van der Waals surface area contributed by atoms with Crippen molar-refractivity contribution in [3.05, 3.63) is 53.5 Å². The molecule has 1 aromatic carbocycles. The predicted octanol–water partition coefficient (Wildman–Crippen LogP) is 3.03. The van der Waals surface area contributed by atoms with Crippen LogP contribution in [0.5, 0.6) is 5.75 Å². The van der Waals surface area contributed by atoms with E-state index in [1.54, 1.807) is 6.08 Å². The first-order valence-corrected chi connectivity index (χ1v) is 9.84. The lowest BCUT2D eigenvalue weighted by Gasteiger charge is -2.62. The first kappa shape index (κ1) is 16.9. The van der Waals surface area contributed by atoms with E-state index in [1.165, 1.54) is 11.1 Å². The van der Waals surface area contributed by atoms with Gasteiger partial charge in [0.15, 0.2) is 11.9 Å². The van der Waals surface area contributed by atoms with Crippen LogP contribution in [0.15, 0.2) is 36.8 Å². The molecule has 3 N–H and O–H groups in total. The Morgan fingerprint density at radius 1 is 1.22 bits per heavy atom. The van der Waals surface area contributed by atoms with E-state index in [4.69, 9.17) is 9.84 Å². The first-order chi connectivity index (χ1) is 13.2. The molecule has 2 bridgehead atoms. The Kier molecular flexibility index (Phi) is 3.66. The molecule has 0 amide bonds. The number of nitrogens with one attached hydrogen (secondary N) is 1. The van der Waals surface area contributed by atoms with Gasteiger partial charge in [0.1, 0.15) is 5.75 Å². The molecule has 0 aromatic heterocycles. The van der Waals surface area contributed by atoms with Gasteiger partial charge in [0, 0.05) is 23.4 Å². The van der Waals surface area contributed by atoms with Gasteiger partial charge in [-0.05, 0) is 61.9 Å². The van der Waals surface area contributed by atoms with E-state index in [9.17, 15) is 9.90 Å². The summed E-state index contributed by atoms with van der Waals surface area (Å²) >= 11 is 0. The number of allylic oxidation sites excluding steroid dienone is 2. The van der Waals surface area contributed by atoms with E-state index < -0.39 is 6.10 Å². The highest BCUT2D eigenvalue weighted by Crippen LogP contribution is 2.67. The zero-order valence-corrected chi connectivity index (χ0v) is 15.3. The maximum absolute atomic E-state index is 13.0.